The molecule has 0 aliphatic carbocycles. The molecule has 0 aromatic heterocycles. The fraction of sp³-hybridized carbons (Fsp3) is 0.250. The molecule has 78 valence electrons. The van der Waals surface area contributed by atoms with E-state index in [1.54, 1.807) is 11.0 Å². The summed E-state index contributed by atoms with van der Waals surface area (Å²) in [5, 5.41) is 0. The van der Waals surface area contributed by atoms with Gasteiger partial charge in [-0.1, -0.05) is 23.8 Å². The summed E-state index contributed by atoms with van der Waals surface area (Å²) < 4.78 is 4.97. The summed E-state index contributed by atoms with van der Waals surface area (Å²) in [5.41, 5.74) is 2.02. The number of benzene rings is 1. The lowest BCUT2D eigenvalue weighted by Gasteiger charge is -2.18. The Balaban J connectivity index is 2.32. The van der Waals surface area contributed by atoms with Gasteiger partial charge in [0.25, 0.3) is 0 Å². The molecule has 0 saturated carbocycles. The summed E-state index contributed by atoms with van der Waals surface area (Å²) in [5.74, 6) is 0. The maximum Gasteiger partial charge on any atom is 0.415 e. The Kier molecular flexibility index (Phi) is 2.46. The quantitative estimate of drug-likeness (QED) is 0.691. The van der Waals surface area contributed by atoms with Gasteiger partial charge in [-0.05, 0) is 19.1 Å². The summed E-state index contributed by atoms with van der Waals surface area (Å²) in [6, 6.07) is 7.72. The maximum absolute atomic E-state index is 11.5. The Hall–Kier alpha value is -1.77. The van der Waals surface area contributed by atoms with Crippen molar-refractivity contribution in [2.75, 3.05) is 11.5 Å². The molecule has 1 aliphatic heterocycles. The lowest BCUT2D eigenvalue weighted by molar-refractivity contribution is 0.180. The van der Waals surface area contributed by atoms with E-state index in [0.29, 0.717) is 6.61 Å². The average Bonchev–Trinajstić information content (AvgIpc) is 2.61. The maximum atomic E-state index is 11.5. The van der Waals surface area contributed by atoms with E-state index in [1.165, 1.54) is 5.56 Å². The number of cyclic esters (lactones) is 1. The first kappa shape index (κ1) is 9.77. The third-order valence-corrected chi connectivity index (χ3v) is 2.49. The first-order valence-corrected chi connectivity index (χ1v) is 4.87. The molecule has 1 saturated heterocycles. The third-order valence-electron chi connectivity index (χ3n) is 2.49. The molecular formula is C12H13NO2. The number of aryl methyl sites for hydroxylation is 1. The van der Waals surface area contributed by atoms with Crippen LogP contribution in [0.15, 0.2) is 36.9 Å². The number of ether oxygens (including phenoxy) is 1. The Morgan fingerprint density at radius 3 is 2.73 bits per heavy atom. The minimum atomic E-state index is -0.302. The van der Waals surface area contributed by atoms with E-state index in [9.17, 15) is 4.79 Å². The van der Waals surface area contributed by atoms with Gasteiger partial charge in [-0.25, -0.2) is 4.79 Å². The monoisotopic (exact) mass is 203 g/mol. The highest BCUT2D eigenvalue weighted by atomic mass is 16.6. The van der Waals surface area contributed by atoms with Crippen LogP contribution in [0.5, 0.6) is 0 Å². The molecule has 3 heteroatoms. The van der Waals surface area contributed by atoms with Crippen molar-refractivity contribution in [1.29, 1.82) is 0 Å². The second kappa shape index (κ2) is 3.77. The van der Waals surface area contributed by atoms with Crippen LogP contribution in [0.1, 0.15) is 5.56 Å². The van der Waals surface area contributed by atoms with Crippen LogP contribution in [0.2, 0.25) is 0 Å². The lowest BCUT2D eigenvalue weighted by Crippen LogP contribution is -2.31. The zero-order valence-corrected chi connectivity index (χ0v) is 8.64. The van der Waals surface area contributed by atoms with E-state index in [0.717, 1.165) is 5.69 Å². The normalized spacial score (nSPS) is 20.2. The van der Waals surface area contributed by atoms with Crippen LogP contribution in [0, 0.1) is 6.92 Å². The fourth-order valence-corrected chi connectivity index (χ4v) is 1.61. The average molecular weight is 203 g/mol. The Morgan fingerprint density at radius 1 is 1.47 bits per heavy atom. The number of carbonyl (C=O) groups excluding carboxylic acids is 1. The third kappa shape index (κ3) is 1.73. The summed E-state index contributed by atoms with van der Waals surface area (Å²) in [7, 11) is 0. The zero-order valence-electron chi connectivity index (χ0n) is 8.64. The van der Waals surface area contributed by atoms with Gasteiger partial charge in [0, 0.05) is 5.69 Å². The Labute approximate surface area is 89.0 Å². The van der Waals surface area contributed by atoms with Crippen molar-refractivity contribution >= 4 is 11.8 Å². The lowest BCUT2D eigenvalue weighted by atomic mass is 10.2. The number of nitrogens with zero attached hydrogens (tertiary/aromatic N) is 1. The van der Waals surface area contributed by atoms with E-state index < -0.39 is 0 Å². The second-order valence-electron chi connectivity index (χ2n) is 3.59. The van der Waals surface area contributed by atoms with Gasteiger partial charge in [-0.3, -0.25) is 4.90 Å². The minimum absolute atomic E-state index is 0.0554. The molecule has 15 heavy (non-hydrogen) atoms. The van der Waals surface area contributed by atoms with Crippen molar-refractivity contribution in [2.24, 2.45) is 0 Å². The van der Waals surface area contributed by atoms with Crippen molar-refractivity contribution in [3.8, 4) is 0 Å². The van der Waals surface area contributed by atoms with Crippen LogP contribution in [0.3, 0.4) is 0 Å². The number of carbonyl (C=O) groups is 1. The predicted molar refractivity (Wildman–Crippen MR) is 59.0 cm³/mol. The second-order valence-corrected chi connectivity index (χ2v) is 3.59. The van der Waals surface area contributed by atoms with Gasteiger partial charge in [-0.2, -0.15) is 0 Å². The highest BCUT2D eigenvalue weighted by molar-refractivity contribution is 5.90. The summed E-state index contributed by atoms with van der Waals surface area (Å²) in [4.78, 5) is 13.1. The summed E-state index contributed by atoms with van der Waals surface area (Å²) in [6.45, 7) is 6.09. The first-order chi connectivity index (χ1) is 7.22. The Morgan fingerprint density at radius 2 is 2.13 bits per heavy atom. The highest BCUT2D eigenvalue weighted by Gasteiger charge is 2.31. The summed E-state index contributed by atoms with van der Waals surface area (Å²) >= 11 is 0. The molecule has 0 bridgehead atoms. The van der Waals surface area contributed by atoms with Crippen molar-refractivity contribution in [2.45, 2.75) is 13.0 Å². The number of hydrogen-bond donors (Lipinski definition) is 0. The van der Waals surface area contributed by atoms with Gasteiger partial charge in [0.1, 0.15) is 6.61 Å². The topological polar surface area (TPSA) is 29.5 Å². The van der Waals surface area contributed by atoms with Crippen LogP contribution in [0.4, 0.5) is 10.5 Å². The van der Waals surface area contributed by atoms with Gasteiger partial charge in [-0.15, -0.1) is 6.58 Å². The molecular weight excluding hydrogens is 190 g/mol. The van der Waals surface area contributed by atoms with Gasteiger partial charge < -0.3 is 4.74 Å². The van der Waals surface area contributed by atoms with Gasteiger partial charge in [0.15, 0.2) is 0 Å². The van der Waals surface area contributed by atoms with Gasteiger partial charge in [0.2, 0.25) is 0 Å². The van der Waals surface area contributed by atoms with Gasteiger partial charge >= 0.3 is 6.09 Å². The number of anilines is 1. The molecule has 0 N–H and O–H groups in total. The predicted octanol–water partition coefficient (Wildman–Crippen LogP) is 2.51. The van der Waals surface area contributed by atoms with Gasteiger partial charge in [0.05, 0.1) is 6.04 Å². The molecule has 1 heterocycles. The molecule has 1 aliphatic rings. The highest BCUT2D eigenvalue weighted by Crippen LogP contribution is 2.23. The van der Waals surface area contributed by atoms with Crippen LogP contribution in [-0.4, -0.2) is 18.7 Å². The van der Waals surface area contributed by atoms with E-state index in [-0.39, 0.29) is 12.1 Å². The SMILES string of the molecule is C=CC1COC(=O)N1c1ccc(C)cc1. The van der Waals surface area contributed by atoms with Crippen molar-refractivity contribution in [3.63, 3.8) is 0 Å². The van der Waals surface area contributed by atoms with Crippen LogP contribution in [0.25, 0.3) is 0 Å². The summed E-state index contributed by atoms with van der Waals surface area (Å²) in [6.07, 6.45) is 1.42. The number of rotatable bonds is 2. The molecule has 1 amide bonds. The standard InChI is InChI=1S/C12H13NO2/c1-3-10-8-15-12(14)13(10)11-6-4-9(2)5-7-11/h3-7,10H,1,8H2,2H3. The van der Waals surface area contributed by atoms with E-state index in [4.69, 9.17) is 4.74 Å². The minimum Gasteiger partial charge on any atom is -0.447 e. The van der Waals surface area contributed by atoms with Crippen LogP contribution >= 0.6 is 0 Å². The number of amides is 1. The van der Waals surface area contributed by atoms with E-state index in [2.05, 4.69) is 6.58 Å². The molecule has 0 spiro atoms. The Bertz CT molecular complexity index is 383. The zero-order chi connectivity index (χ0) is 10.8. The van der Waals surface area contributed by atoms with E-state index in [1.807, 2.05) is 31.2 Å². The molecule has 3 nitrogen and oxygen atoms in total. The first-order valence-electron chi connectivity index (χ1n) is 4.87. The molecule has 2 rings (SSSR count). The molecule has 1 unspecified atom stereocenters. The van der Waals surface area contributed by atoms with Crippen molar-refractivity contribution in [3.05, 3.63) is 42.5 Å². The smallest absolute Gasteiger partial charge is 0.415 e. The van der Waals surface area contributed by atoms with Crippen LogP contribution < -0.4 is 4.90 Å². The molecule has 1 aromatic rings. The molecule has 1 atom stereocenters. The largest absolute Gasteiger partial charge is 0.447 e. The molecule has 0 radical (unpaired) electrons. The van der Waals surface area contributed by atoms with Crippen LogP contribution in [-0.2, 0) is 4.74 Å². The molecule has 1 fully saturated rings. The molecule has 1 aromatic carbocycles. The van der Waals surface area contributed by atoms with Crippen molar-refractivity contribution < 1.29 is 9.53 Å². The van der Waals surface area contributed by atoms with E-state index >= 15 is 0 Å². The fourth-order valence-electron chi connectivity index (χ4n) is 1.61. The van der Waals surface area contributed by atoms with Crippen molar-refractivity contribution in [1.82, 2.24) is 0 Å². The number of hydrogen-bond acceptors (Lipinski definition) is 2.